The van der Waals surface area contributed by atoms with E-state index in [4.69, 9.17) is 14.2 Å². The average molecular weight is 392 g/mol. The quantitative estimate of drug-likeness (QED) is 0.725. The lowest BCUT2D eigenvalue weighted by atomic mass is 10.2. The van der Waals surface area contributed by atoms with Crippen LogP contribution in [0.5, 0.6) is 11.5 Å². The van der Waals surface area contributed by atoms with Gasteiger partial charge in [-0.15, -0.1) is 0 Å². The van der Waals surface area contributed by atoms with Crippen molar-refractivity contribution in [2.75, 3.05) is 19.0 Å². The molecule has 1 heterocycles. The fourth-order valence-corrected chi connectivity index (χ4v) is 3.03. The summed E-state index contributed by atoms with van der Waals surface area (Å²) in [7, 11) is 1.51. The molecule has 0 fully saturated rings. The van der Waals surface area contributed by atoms with Gasteiger partial charge in [-0.05, 0) is 28.9 Å². The fourth-order valence-electron chi connectivity index (χ4n) is 2.03. The maximum absolute atomic E-state index is 11.3. The summed E-state index contributed by atoms with van der Waals surface area (Å²) < 4.78 is 17.3. The van der Waals surface area contributed by atoms with Gasteiger partial charge in [0.25, 0.3) is 0 Å². The first-order valence-corrected chi connectivity index (χ1v) is 7.60. The second kappa shape index (κ2) is 5.99. The Morgan fingerprint density at radius 2 is 2.26 bits per heavy atom. The standard InChI is InChI=1S/C13H12Br2O4/c1-3-18-13-10(5-14)19-9-4-8(15)12(17-2)7(6-16)11(9)13/h4,10H,3,5H2,1-2H3. The van der Waals surface area contributed by atoms with Crippen molar-refractivity contribution >= 4 is 43.6 Å². The molecule has 1 aliphatic rings. The van der Waals surface area contributed by atoms with Crippen LogP contribution in [-0.4, -0.2) is 31.1 Å². The maximum Gasteiger partial charge on any atom is 0.166 e. The van der Waals surface area contributed by atoms with Crippen LogP contribution in [0, 0.1) is 0 Å². The van der Waals surface area contributed by atoms with E-state index in [-0.39, 0.29) is 6.10 Å². The van der Waals surface area contributed by atoms with Crippen LogP contribution in [0.1, 0.15) is 6.92 Å². The summed E-state index contributed by atoms with van der Waals surface area (Å²) in [4.78, 5) is 11.3. The van der Waals surface area contributed by atoms with Crippen molar-refractivity contribution in [1.29, 1.82) is 0 Å². The van der Waals surface area contributed by atoms with Crippen LogP contribution in [0.4, 0.5) is 0 Å². The lowest BCUT2D eigenvalue weighted by Gasteiger charge is -2.12. The highest BCUT2D eigenvalue weighted by molar-refractivity contribution is 9.10. The predicted molar refractivity (Wildman–Crippen MR) is 78.0 cm³/mol. The number of alkyl halides is 1. The van der Waals surface area contributed by atoms with Crippen LogP contribution in [0.2, 0.25) is 0 Å². The van der Waals surface area contributed by atoms with Crippen LogP contribution in [0.15, 0.2) is 10.5 Å². The van der Waals surface area contributed by atoms with Gasteiger partial charge >= 0.3 is 0 Å². The van der Waals surface area contributed by atoms with E-state index in [0.717, 1.165) is 0 Å². The number of hydrogen-bond acceptors (Lipinski definition) is 4. The van der Waals surface area contributed by atoms with Crippen molar-refractivity contribution in [1.82, 2.24) is 0 Å². The second-order valence-electron chi connectivity index (χ2n) is 3.80. The van der Waals surface area contributed by atoms with E-state index in [1.165, 1.54) is 7.11 Å². The molecule has 4 nitrogen and oxygen atoms in total. The number of fused-ring (bicyclic) bond motifs is 1. The third-order valence-electron chi connectivity index (χ3n) is 2.75. The molecule has 0 saturated carbocycles. The minimum atomic E-state index is -0.249. The van der Waals surface area contributed by atoms with Crippen molar-refractivity contribution < 1.29 is 19.0 Å². The SMILES string of the molecule is CCOC1=c2c(cc(Br)c(OC)c2=C=O)OC1CBr. The summed E-state index contributed by atoms with van der Waals surface area (Å²) in [5.74, 6) is 3.59. The maximum atomic E-state index is 11.3. The van der Waals surface area contributed by atoms with Gasteiger partial charge in [-0.2, -0.15) is 0 Å². The predicted octanol–water partition coefficient (Wildman–Crippen LogP) is 1.26. The molecule has 0 spiro atoms. The zero-order chi connectivity index (χ0) is 14.0. The molecule has 0 radical (unpaired) electrons. The largest absolute Gasteiger partial charge is 0.494 e. The van der Waals surface area contributed by atoms with E-state index in [1.54, 1.807) is 6.07 Å². The van der Waals surface area contributed by atoms with Crippen LogP contribution < -0.4 is 19.9 Å². The van der Waals surface area contributed by atoms with Crippen LogP contribution in [0.3, 0.4) is 0 Å². The molecule has 0 aliphatic carbocycles. The monoisotopic (exact) mass is 390 g/mol. The number of hydrogen-bond donors (Lipinski definition) is 0. The summed E-state index contributed by atoms with van der Waals surface area (Å²) in [6.45, 7) is 2.38. The molecule has 1 aromatic carbocycles. The van der Waals surface area contributed by atoms with Crippen LogP contribution >= 0.6 is 31.9 Å². The smallest absolute Gasteiger partial charge is 0.166 e. The number of halogens is 2. The average Bonchev–Trinajstić information content (AvgIpc) is 2.75. The van der Waals surface area contributed by atoms with Gasteiger partial charge in [-0.3, -0.25) is 0 Å². The van der Waals surface area contributed by atoms with Crippen molar-refractivity contribution in [3.63, 3.8) is 0 Å². The number of carbonyl (C=O) groups excluding carboxylic acids is 1. The number of ether oxygens (including phenoxy) is 3. The van der Waals surface area contributed by atoms with Crippen molar-refractivity contribution in [2.45, 2.75) is 13.0 Å². The second-order valence-corrected chi connectivity index (χ2v) is 5.30. The molecule has 1 atom stereocenters. The molecule has 1 aliphatic heterocycles. The highest BCUT2D eigenvalue weighted by Crippen LogP contribution is 2.28. The van der Waals surface area contributed by atoms with E-state index >= 15 is 0 Å². The van der Waals surface area contributed by atoms with Gasteiger partial charge in [0, 0.05) is 5.33 Å². The number of benzene rings is 1. The Balaban J connectivity index is 2.87. The van der Waals surface area contributed by atoms with Crippen molar-refractivity contribution in [2.24, 2.45) is 0 Å². The van der Waals surface area contributed by atoms with Gasteiger partial charge in [0.2, 0.25) is 0 Å². The molecule has 102 valence electrons. The Kier molecular flexibility index (Phi) is 4.55. The Hall–Kier alpha value is -0.970. The number of rotatable bonds is 4. The summed E-state index contributed by atoms with van der Waals surface area (Å²) in [6.07, 6.45) is -0.249. The molecule has 1 aromatic rings. The molecule has 2 rings (SSSR count). The van der Waals surface area contributed by atoms with E-state index < -0.39 is 0 Å². The molecule has 0 aromatic heterocycles. The first-order valence-electron chi connectivity index (χ1n) is 5.69. The molecule has 0 N–H and O–H groups in total. The van der Waals surface area contributed by atoms with Crippen molar-refractivity contribution in [3.8, 4) is 11.5 Å². The van der Waals surface area contributed by atoms with Gasteiger partial charge in [-0.25, -0.2) is 4.79 Å². The molecule has 0 amide bonds. The van der Waals surface area contributed by atoms with Gasteiger partial charge in [0.15, 0.2) is 11.9 Å². The molecule has 0 bridgehead atoms. The normalized spacial score (nSPS) is 16.6. The molecular formula is C13H12Br2O4. The minimum absolute atomic E-state index is 0.249. The first kappa shape index (κ1) is 14.4. The highest BCUT2D eigenvalue weighted by Gasteiger charge is 2.28. The van der Waals surface area contributed by atoms with E-state index in [9.17, 15) is 4.79 Å². The molecular weight excluding hydrogens is 380 g/mol. The molecule has 0 saturated heterocycles. The Bertz CT molecular complexity index is 635. The first-order chi connectivity index (χ1) is 9.17. The van der Waals surface area contributed by atoms with Gasteiger partial charge in [-0.1, -0.05) is 15.9 Å². The van der Waals surface area contributed by atoms with E-state index in [0.29, 0.717) is 44.1 Å². The molecule has 6 heteroatoms. The zero-order valence-corrected chi connectivity index (χ0v) is 13.6. The summed E-state index contributed by atoms with van der Waals surface area (Å²) in [5, 5.41) is 1.52. The number of methoxy groups -OCH3 is 1. The summed E-state index contributed by atoms with van der Waals surface area (Å²) >= 11 is 6.74. The van der Waals surface area contributed by atoms with Crippen LogP contribution in [0.25, 0.3) is 5.76 Å². The lowest BCUT2D eigenvalue weighted by molar-refractivity contribution is 0.211. The van der Waals surface area contributed by atoms with E-state index in [2.05, 4.69) is 31.9 Å². The van der Waals surface area contributed by atoms with Crippen LogP contribution in [-0.2, 0) is 9.53 Å². The third-order valence-corrected chi connectivity index (χ3v) is 3.93. The topological polar surface area (TPSA) is 44.8 Å². The summed E-state index contributed by atoms with van der Waals surface area (Å²) in [5.41, 5.74) is 0. The van der Waals surface area contributed by atoms with Gasteiger partial charge in [0.1, 0.15) is 22.7 Å². The highest BCUT2D eigenvalue weighted by atomic mass is 79.9. The lowest BCUT2D eigenvalue weighted by Crippen LogP contribution is -2.30. The van der Waals surface area contributed by atoms with Gasteiger partial charge in [0.05, 0.1) is 23.4 Å². The Morgan fingerprint density at radius 1 is 1.53 bits per heavy atom. The third kappa shape index (κ3) is 2.40. The fraction of sp³-hybridized carbons (Fsp3) is 0.385. The van der Waals surface area contributed by atoms with Crippen molar-refractivity contribution in [3.05, 3.63) is 21.0 Å². The minimum Gasteiger partial charge on any atom is -0.494 e. The van der Waals surface area contributed by atoms with E-state index in [1.807, 2.05) is 12.9 Å². The Morgan fingerprint density at radius 3 is 2.79 bits per heavy atom. The zero-order valence-electron chi connectivity index (χ0n) is 10.5. The summed E-state index contributed by atoms with van der Waals surface area (Å²) in [6, 6.07) is 1.77. The Labute approximate surface area is 127 Å². The van der Waals surface area contributed by atoms with Gasteiger partial charge < -0.3 is 14.2 Å². The molecule has 19 heavy (non-hydrogen) atoms. The molecule has 1 unspecified atom stereocenters.